The Morgan fingerprint density at radius 3 is 2.52 bits per heavy atom. The molecular formula is C17H19FN2O. The monoisotopic (exact) mass is 286 g/mol. The summed E-state index contributed by atoms with van der Waals surface area (Å²) >= 11 is 0. The SMILES string of the molecule is CCc1cccc(N[C@H](C)C(=O)Nc2ccc(F)cc2)c1. The van der Waals surface area contributed by atoms with Gasteiger partial charge in [-0.15, -0.1) is 0 Å². The van der Waals surface area contributed by atoms with E-state index in [1.54, 1.807) is 6.92 Å². The molecule has 110 valence electrons. The average Bonchev–Trinajstić information content (AvgIpc) is 2.49. The molecule has 2 N–H and O–H groups in total. The van der Waals surface area contributed by atoms with Gasteiger partial charge in [0.2, 0.25) is 5.91 Å². The maximum atomic E-state index is 12.8. The first kappa shape index (κ1) is 15.0. The predicted octanol–water partition coefficient (Wildman–Crippen LogP) is 3.83. The van der Waals surface area contributed by atoms with Crippen molar-refractivity contribution in [3.63, 3.8) is 0 Å². The third kappa shape index (κ3) is 4.31. The van der Waals surface area contributed by atoms with Crippen LogP contribution in [0.15, 0.2) is 48.5 Å². The van der Waals surface area contributed by atoms with Gasteiger partial charge >= 0.3 is 0 Å². The van der Waals surface area contributed by atoms with Crippen LogP contribution >= 0.6 is 0 Å². The van der Waals surface area contributed by atoms with Crippen molar-refractivity contribution in [2.75, 3.05) is 10.6 Å². The van der Waals surface area contributed by atoms with E-state index in [0.717, 1.165) is 12.1 Å². The van der Waals surface area contributed by atoms with Gasteiger partial charge in [-0.25, -0.2) is 4.39 Å². The van der Waals surface area contributed by atoms with Crippen LogP contribution in [0.2, 0.25) is 0 Å². The number of halogens is 1. The van der Waals surface area contributed by atoms with Crippen LogP contribution in [-0.4, -0.2) is 11.9 Å². The van der Waals surface area contributed by atoms with Crippen LogP contribution in [0.1, 0.15) is 19.4 Å². The van der Waals surface area contributed by atoms with Gasteiger partial charge in [0, 0.05) is 11.4 Å². The molecule has 0 aliphatic carbocycles. The van der Waals surface area contributed by atoms with Gasteiger partial charge in [0.15, 0.2) is 0 Å². The lowest BCUT2D eigenvalue weighted by molar-refractivity contribution is -0.116. The van der Waals surface area contributed by atoms with E-state index < -0.39 is 0 Å². The Balaban J connectivity index is 1.97. The first-order valence-corrected chi connectivity index (χ1v) is 7.00. The highest BCUT2D eigenvalue weighted by atomic mass is 19.1. The summed E-state index contributed by atoms with van der Waals surface area (Å²) in [6.45, 7) is 3.88. The standard InChI is InChI=1S/C17H19FN2O/c1-3-13-5-4-6-16(11-13)19-12(2)17(21)20-15-9-7-14(18)8-10-15/h4-12,19H,3H2,1-2H3,(H,20,21)/t12-/m1/s1. The van der Waals surface area contributed by atoms with E-state index in [1.165, 1.54) is 29.8 Å². The zero-order valence-corrected chi connectivity index (χ0v) is 12.2. The minimum absolute atomic E-state index is 0.163. The molecule has 1 atom stereocenters. The molecule has 3 nitrogen and oxygen atoms in total. The number of amides is 1. The largest absolute Gasteiger partial charge is 0.374 e. The van der Waals surface area contributed by atoms with Crippen LogP contribution in [0.25, 0.3) is 0 Å². The summed E-state index contributed by atoms with van der Waals surface area (Å²) in [7, 11) is 0. The number of carbonyl (C=O) groups is 1. The van der Waals surface area contributed by atoms with Crippen molar-refractivity contribution in [3.8, 4) is 0 Å². The van der Waals surface area contributed by atoms with E-state index in [2.05, 4.69) is 23.6 Å². The van der Waals surface area contributed by atoms with E-state index in [9.17, 15) is 9.18 Å². The van der Waals surface area contributed by atoms with Gasteiger partial charge < -0.3 is 10.6 Å². The average molecular weight is 286 g/mol. The molecule has 0 bridgehead atoms. The molecule has 0 heterocycles. The fraction of sp³-hybridized carbons (Fsp3) is 0.235. The highest BCUT2D eigenvalue weighted by Crippen LogP contribution is 2.13. The highest BCUT2D eigenvalue weighted by Gasteiger charge is 2.12. The fourth-order valence-electron chi connectivity index (χ4n) is 1.98. The number of benzene rings is 2. The summed E-state index contributed by atoms with van der Waals surface area (Å²) in [5.41, 5.74) is 2.71. The number of hydrogen-bond donors (Lipinski definition) is 2. The molecule has 2 aromatic carbocycles. The van der Waals surface area contributed by atoms with Crippen LogP contribution in [0.4, 0.5) is 15.8 Å². The normalized spacial score (nSPS) is 11.8. The molecular weight excluding hydrogens is 267 g/mol. The van der Waals surface area contributed by atoms with Crippen molar-refractivity contribution in [1.82, 2.24) is 0 Å². The first-order chi connectivity index (χ1) is 10.1. The third-order valence-corrected chi connectivity index (χ3v) is 3.22. The van der Waals surface area contributed by atoms with Gasteiger partial charge in [0.05, 0.1) is 0 Å². The van der Waals surface area contributed by atoms with Crippen molar-refractivity contribution in [1.29, 1.82) is 0 Å². The minimum Gasteiger partial charge on any atom is -0.374 e. The molecule has 21 heavy (non-hydrogen) atoms. The van der Waals surface area contributed by atoms with Gasteiger partial charge in [-0.1, -0.05) is 19.1 Å². The number of hydrogen-bond acceptors (Lipinski definition) is 2. The van der Waals surface area contributed by atoms with Gasteiger partial charge in [0.25, 0.3) is 0 Å². The summed E-state index contributed by atoms with van der Waals surface area (Å²) in [5, 5.41) is 5.91. The Bertz CT molecular complexity index is 610. The van der Waals surface area contributed by atoms with Crippen molar-refractivity contribution in [3.05, 3.63) is 59.9 Å². The molecule has 0 saturated carbocycles. The number of nitrogens with one attached hydrogen (secondary N) is 2. The fourth-order valence-corrected chi connectivity index (χ4v) is 1.98. The second-order valence-electron chi connectivity index (χ2n) is 4.92. The molecule has 0 aliphatic rings. The van der Waals surface area contributed by atoms with Crippen LogP contribution in [0.5, 0.6) is 0 Å². The van der Waals surface area contributed by atoms with Gasteiger partial charge in [-0.2, -0.15) is 0 Å². The topological polar surface area (TPSA) is 41.1 Å². The Kier molecular flexibility index (Phi) is 4.93. The Hall–Kier alpha value is -2.36. The van der Waals surface area contributed by atoms with Crippen molar-refractivity contribution in [2.24, 2.45) is 0 Å². The summed E-state index contributed by atoms with van der Waals surface area (Å²) < 4.78 is 12.8. The van der Waals surface area contributed by atoms with E-state index in [1.807, 2.05) is 18.2 Å². The van der Waals surface area contributed by atoms with Gasteiger partial charge in [0.1, 0.15) is 11.9 Å². The van der Waals surface area contributed by atoms with Crippen LogP contribution in [0.3, 0.4) is 0 Å². The summed E-state index contributed by atoms with van der Waals surface area (Å²) in [5.74, 6) is -0.487. The van der Waals surface area contributed by atoms with Crippen molar-refractivity contribution >= 4 is 17.3 Å². The van der Waals surface area contributed by atoms with Crippen molar-refractivity contribution < 1.29 is 9.18 Å². The molecule has 0 radical (unpaired) electrons. The maximum absolute atomic E-state index is 12.8. The van der Waals surface area contributed by atoms with E-state index >= 15 is 0 Å². The lowest BCUT2D eigenvalue weighted by Gasteiger charge is -2.16. The molecule has 0 aliphatic heterocycles. The molecule has 0 aromatic heterocycles. The van der Waals surface area contributed by atoms with E-state index in [-0.39, 0.29) is 17.8 Å². The minimum atomic E-state index is -0.387. The molecule has 0 unspecified atom stereocenters. The zero-order chi connectivity index (χ0) is 15.2. The summed E-state index contributed by atoms with van der Waals surface area (Å²) in [4.78, 5) is 12.1. The highest BCUT2D eigenvalue weighted by molar-refractivity contribution is 5.96. The Morgan fingerprint density at radius 1 is 1.14 bits per heavy atom. The zero-order valence-electron chi connectivity index (χ0n) is 12.2. The molecule has 4 heteroatoms. The smallest absolute Gasteiger partial charge is 0.246 e. The molecule has 0 spiro atoms. The Labute approximate surface area is 124 Å². The number of carbonyl (C=O) groups excluding carboxylic acids is 1. The molecule has 0 saturated heterocycles. The molecule has 2 rings (SSSR count). The molecule has 2 aromatic rings. The number of aryl methyl sites for hydroxylation is 1. The number of rotatable bonds is 5. The second-order valence-corrected chi connectivity index (χ2v) is 4.92. The molecule has 1 amide bonds. The van der Waals surface area contributed by atoms with Gasteiger partial charge in [-0.3, -0.25) is 4.79 Å². The summed E-state index contributed by atoms with van der Waals surface area (Å²) in [6, 6.07) is 13.3. The van der Waals surface area contributed by atoms with Crippen LogP contribution in [-0.2, 0) is 11.2 Å². The maximum Gasteiger partial charge on any atom is 0.246 e. The number of anilines is 2. The van der Waals surface area contributed by atoms with E-state index in [4.69, 9.17) is 0 Å². The van der Waals surface area contributed by atoms with Crippen molar-refractivity contribution in [2.45, 2.75) is 26.3 Å². The lowest BCUT2D eigenvalue weighted by Crippen LogP contribution is -2.31. The Morgan fingerprint density at radius 2 is 1.86 bits per heavy atom. The van der Waals surface area contributed by atoms with Crippen LogP contribution in [0, 0.1) is 5.82 Å². The lowest BCUT2D eigenvalue weighted by atomic mass is 10.1. The molecule has 0 fully saturated rings. The second kappa shape index (κ2) is 6.88. The van der Waals surface area contributed by atoms with E-state index in [0.29, 0.717) is 5.69 Å². The third-order valence-electron chi connectivity index (χ3n) is 3.22. The van der Waals surface area contributed by atoms with Gasteiger partial charge in [-0.05, 0) is 55.3 Å². The van der Waals surface area contributed by atoms with Crippen LogP contribution < -0.4 is 10.6 Å². The summed E-state index contributed by atoms with van der Waals surface area (Å²) in [6.07, 6.45) is 0.950. The predicted molar refractivity (Wildman–Crippen MR) is 83.9 cm³/mol. The first-order valence-electron chi connectivity index (χ1n) is 7.00. The quantitative estimate of drug-likeness (QED) is 0.877.